The number of hydrogen-bond acceptors (Lipinski definition) is 2. The second-order valence-corrected chi connectivity index (χ2v) is 4.20. The minimum Gasteiger partial charge on any atom is -0.383 e. The first kappa shape index (κ1) is 13.8. The van der Waals surface area contributed by atoms with Crippen molar-refractivity contribution in [3.63, 3.8) is 0 Å². The maximum atomic E-state index is 13.4. The van der Waals surface area contributed by atoms with Crippen molar-refractivity contribution in [2.24, 2.45) is 5.92 Å². The van der Waals surface area contributed by atoms with E-state index in [0.717, 1.165) is 6.07 Å². The van der Waals surface area contributed by atoms with Crippen molar-refractivity contribution in [1.29, 1.82) is 0 Å². The van der Waals surface area contributed by atoms with Crippen LogP contribution in [0.1, 0.15) is 13.8 Å². The quantitative estimate of drug-likeness (QED) is 0.807. The highest BCUT2D eigenvalue weighted by Gasteiger charge is 2.16. The Kier molecular flexibility index (Phi) is 4.81. The second-order valence-electron chi connectivity index (χ2n) is 4.20. The van der Waals surface area contributed by atoms with Crippen LogP contribution >= 0.6 is 0 Å². The van der Waals surface area contributed by atoms with Crippen LogP contribution in [0, 0.1) is 23.4 Å². The predicted octanol–water partition coefficient (Wildman–Crippen LogP) is 3.19. The Morgan fingerprint density at radius 2 is 1.71 bits per heavy atom. The van der Waals surface area contributed by atoms with E-state index < -0.39 is 17.5 Å². The van der Waals surface area contributed by atoms with Gasteiger partial charge in [0.1, 0.15) is 5.82 Å². The lowest BCUT2D eigenvalue weighted by molar-refractivity contribution is 0.171. The molecule has 1 N–H and O–H groups in total. The highest BCUT2D eigenvalue weighted by Crippen LogP contribution is 2.20. The molecule has 0 saturated carbocycles. The normalized spacial score (nSPS) is 12.9. The SMILES string of the molecule is COCC(Nc1cc(F)c(F)cc1F)C(C)C. The number of ether oxygens (including phenoxy) is 1. The third-order valence-electron chi connectivity index (χ3n) is 2.50. The van der Waals surface area contributed by atoms with Crippen LogP contribution in [0.15, 0.2) is 12.1 Å². The molecule has 1 aromatic carbocycles. The van der Waals surface area contributed by atoms with Gasteiger partial charge in [-0.3, -0.25) is 0 Å². The van der Waals surface area contributed by atoms with E-state index in [-0.39, 0.29) is 17.6 Å². The topological polar surface area (TPSA) is 21.3 Å². The molecule has 2 nitrogen and oxygen atoms in total. The maximum Gasteiger partial charge on any atom is 0.161 e. The summed E-state index contributed by atoms with van der Waals surface area (Å²) in [6.07, 6.45) is 0. The predicted molar refractivity (Wildman–Crippen MR) is 60.4 cm³/mol. The fraction of sp³-hybridized carbons (Fsp3) is 0.500. The van der Waals surface area contributed by atoms with Crippen molar-refractivity contribution >= 4 is 5.69 Å². The summed E-state index contributed by atoms with van der Waals surface area (Å²) in [5.41, 5.74) is -0.0559. The first-order chi connectivity index (χ1) is 7.95. The molecule has 0 aliphatic carbocycles. The van der Waals surface area contributed by atoms with Gasteiger partial charge in [-0.1, -0.05) is 13.8 Å². The van der Waals surface area contributed by atoms with Crippen molar-refractivity contribution < 1.29 is 17.9 Å². The first-order valence-corrected chi connectivity index (χ1v) is 5.35. The Bertz CT molecular complexity index is 382. The summed E-state index contributed by atoms with van der Waals surface area (Å²) in [6, 6.07) is 1.18. The number of rotatable bonds is 5. The third kappa shape index (κ3) is 3.63. The van der Waals surface area contributed by atoms with Crippen LogP contribution in [0.3, 0.4) is 0 Å². The second kappa shape index (κ2) is 5.91. The largest absolute Gasteiger partial charge is 0.383 e. The standard InChI is InChI=1S/C12H16F3NO/c1-7(2)12(6-17-3)16-11-5-9(14)8(13)4-10(11)15/h4-5,7,12,16H,6H2,1-3H3. The van der Waals surface area contributed by atoms with Crippen molar-refractivity contribution in [3.05, 3.63) is 29.6 Å². The number of benzene rings is 1. The molecule has 0 aromatic heterocycles. The van der Waals surface area contributed by atoms with E-state index in [1.54, 1.807) is 0 Å². The van der Waals surface area contributed by atoms with Gasteiger partial charge in [0.2, 0.25) is 0 Å². The molecule has 0 radical (unpaired) electrons. The van der Waals surface area contributed by atoms with Crippen LogP contribution in [-0.4, -0.2) is 19.8 Å². The van der Waals surface area contributed by atoms with Crippen molar-refractivity contribution in [1.82, 2.24) is 0 Å². The highest BCUT2D eigenvalue weighted by atomic mass is 19.2. The van der Waals surface area contributed by atoms with Gasteiger partial charge in [0.25, 0.3) is 0 Å². The van der Waals surface area contributed by atoms with Gasteiger partial charge >= 0.3 is 0 Å². The molecule has 0 amide bonds. The fourth-order valence-corrected chi connectivity index (χ4v) is 1.41. The van der Waals surface area contributed by atoms with E-state index in [1.807, 2.05) is 13.8 Å². The Morgan fingerprint density at radius 1 is 1.12 bits per heavy atom. The highest BCUT2D eigenvalue weighted by molar-refractivity contribution is 5.46. The van der Waals surface area contributed by atoms with Crippen molar-refractivity contribution in [2.75, 3.05) is 19.0 Å². The van der Waals surface area contributed by atoms with E-state index in [4.69, 9.17) is 4.74 Å². The smallest absolute Gasteiger partial charge is 0.161 e. The molecule has 0 bridgehead atoms. The summed E-state index contributed by atoms with van der Waals surface area (Å²) in [6.45, 7) is 4.21. The van der Waals surface area contributed by atoms with E-state index in [2.05, 4.69) is 5.32 Å². The van der Waals surface area contributed by atoms with Gasteiger partial charge in [-0.2, -0.15) is 0 Å². The molecule has 1 aromatic rings. The molecule has 5 heteroatoms. The van der Waals surface area contributed by atoms with E-state index in [0.29, 0.717) is 12.7 Å². The molecule has 17 heavy (non-hydrogen) atoms. The van der Waals surface area contributed by atoms with Gasteiger partial charge in [0.05, 0.1) is 18.3 Å². The summed E-state index contributed by atoms with van der Waals surface area (Å²) < 4.78 is 44.1. The van der Waals surface area contributed by atoms with Gasteiger partial charge in [-0.25, -0.2) is 13.2 Å². The molecular weight excluding hydrogens is 231 g/mol. The first-order valence-electron chi connectivity index (χ1n) is 5.35. The van der Waals surface area contributed by atoms with E-state index >= 15 is 0 Å². The number of nitrogens with one attached hydrogen (secondary N) is 1. The molecule has 1 unspecified atom stereocenters. The van der Waals surface area contributed by atoms with Crippen molar-refractivity contribution in [2.45, 2.75) is 19.9 Å². The molecule has 0 saturated heterocycles. The molecule has 1 rings (SSSR count). The van der Waals surface area contributed by atoms with Crippen LogP contribution in [-0.2, 0) is 4.74 Å². The minimum absolute atomic E-state index is 0.0559. The number of halogens is 3. The van der Waals surface area contributed by atoms with Gasteiger partial charge in [0, 0.05) is 19.2 Å². The average Bonchev–Trinajstić information content (AvgIpc) is 2.24. The van der Waals surface area contributed by atoms with Gasteiger partial charge in [-0.15, -0.1) is 0 Å². The Labute approximate surface area is 98.8 Å². The van der Waals surface area contributed by atoms with Crippen LogP contribution in [0.25, 0.3) is 0 Å². The third-order valence-corrected chi connectivity index (χ3v) is 2.50. The van der Waals surface area contributed by atoms with Crippen LogP contribution < -0.4 is 5.32 Å². The summed E-state index contributed by atoms with van der Waals surface area (Å²) in [4.78, 5) is 0. The van der Waals surface area contributed by atoms with Gasteiger partial charge in [-0.05, 0) is 5.92 Å². The van der Waals surface area contributed by atoms with E-state index in [9.17, 15) is 13.2 Å². The number of anilines is 1. The molecule has 0 heterocycles. The Hall–Kier alpha value is -1.23. The maximum absolute atomic E-state index is 13.4. The Morgan fingerprint density at radius 3 is 2.24 bits per heavy atom. The molecule has 0 aliphatic heterocycles. The monoisotopic (exact) mass is 247 g/mol. The van der Waals surface area contributed by atoms with Crippen LogP contribution in [0.4, 0.5) is 18.9 Å². The molecule has 0 spiro atoms. The summed E-state index contributed by atoms with van der Waals surface area (Å²) in [5, 5.41) is 2.81. The zero-order valence-electron chi connectivity index (χ0n) is 10.1. The minimum atomic E-state index is -1.19. The van der Waals surface area contributed by atoms with Crippen LogP contribution in [0.5, 0.6) is 0 Å². The number of methoxy groups -OCH3 is 1. The summed E-state index contributed by atoms with van der Waals surface area (Å²) in [5.74, 6) is -2.91. The summed E-state index contributed by atoms with van der Waals surface area (Å²) in [7, 11) is 1.53. The van der Waals surface area contributed by atoms with Gasteiger partial charge < -0.3 is 10.1 Å². The average molecular weight is 247 g/mol. The lowest BCUT2D eigenvalue weighted by Crippen LogP contribution is -2.30. The lowest BCUT2D eigenvalue weighted by Gasteiger charge is -2.23. The molecule has 0 aliphatic rings. The lowest BCUT2D eigenvalue weighted by atomic mass is 10.0. The van der Waals surface area contributed by atoms with E-state index in [1.165, 1.54) is 7.11 Å². The van der Waals surface area contributed by atoms with Gasteiger partial charge in [0.15, 0.2) is 11.6 Å². The van der Waals surface area contributed by atoms with Crippen molar-refractivity contribution in [3.8, 4) is 0 Å². The molecule has 96 valence electrons. The molecule has 1 atom stereocenters. The fourth-order valence-electron chi connectivity index (χ4n) is 1.41. The molecule has 0 fully saturated rings. The summed E-state index contributed by atoms with van der Waals surface area (Å²) >= 11 is 0. The van der Waals surface area contributed by atoms with Crippen LogP contribution in [0.2, 0.25) is 0 Å². The Balaban J connectivity index is 2.89. The zero-order chi connectivity index (χ0) is 13.0. The molecular formula is C12H16F3NO. The number of hydrogen-bond donors (Lipinski definition) is 1. The zero-order valence-corrected chi connectivity index (χ0v) is 10.1.